The van der Waals surface area contributed by atoms with Crippen molar-refractivity contribution in [2.45, 2.75) is 6.04 Å². The van der Waals surface area contributed by atoms with E-state index >= 15 is 0 Å². The first-order valence-electron chi connectivity index (χ1n) is 9.24. The van der Waals surface area contributed by atoms with Crippen LogP contribution in [0.1, 0.15) is 27.5 Å². The highest BCUT2D eigenvalue weighted by Gasteiger charge is 2.22. The van der Waals surface area contributed by atoms with Gasteiger partial charge in [-0.2, -0.15) is 0 Å². The molecule has 2 N–H and O–H groups in total. The van der Waals surface area contributed by atoms with Crippen molar-refractivity contribution in [1.82, 2.24) is 10.3 Å². The molecule has 144 valence electrons. The van der Waals surface area contributed by atoms with E-state index < -0.39 is 6.04 Å². The number of benzene rings is 3. The highest BCUT2D eigenvalue weighted by molar-refractivity contribution is 5.95. The number of hydrogen-bond donors (Lipinski definition) is 2. The second-order valence-corrected chi connectivity index (χ2v) is 6.62. The Kier molecular flexibility index (Phi) is 5.12. The Morgan fingerprint density at radius 1 is 0.966 bits per heavy atom. The lowest BCUT2D eigenvalue weighted by Crippen LogP contribution is -2.29. The van der Waals surface area contributed by atoms with Crippen molar-refractivity contribution in [3.8, 4) is 11.5 Å². The van der Waals surface area contributed by atoms with E-state index in [4.69, 9.17) is 4.74 Å². The summed E-state index contributed by atoms with van der Waals surface area (Å²) in [5, 5.41) is 14.8. The topological polar surface area (TPSA) is 71.5 Å². The number of nitrogens with one attached hydrogen (secondary N) is 1. The van der Waals surface area contributed by atoms with Crippen LogP contribution in [-0.4, -0.2) is 23.1 Å². The van der Waals surface area contributed by atoms with Gasteiger partial charge in [-0.1, -0.05) is 48.5 Å². The lowest BCUT2D eigenvalue weighted by atomic mass is 9.95. The first-order chi connectivity index (χ1) is 14.2. The van der Waals surface area contributed by atoms with E-state index in [9.17, 15) is 9.90 Å². The van der Waals surface area contributed by atoms with Gasteiger partial charge in [-0.15, -0.1) is 0 Å². The molecule has 5 nitrogen and oxygen atoms in total. The van der Waals surface area contributed by atoms with Gasteiger partial charge in [0.05, 0.1) is 13.2 Å². The summed E-state index contributed by atoms with van der Waals surface area (Å²) >= 11 is 0. The van der Waals surface area contributed by atoms with Crippen molar-refractivity contribution in [3.63, 3.8) is 0 Å². The van der Waals surface area contributed by atoms with Crippen molar-refractivity contribution < 1.29 is 14.6 Å². The van der Waals surface area contributed by atoms with Crippen LogP contribution in [0.5, 0.6) is 11.5 Å². The van der Waals surface area contributed by atoms with Gasteiger partial charge in [-0.25, -0.2) is 0 Å². The van der Waals surface area contributed by atoms with E-state index in [-0.39, 0.29) is 11.7 Å². The summed E-state index contributed by atoms with van der Waals surface area (Å²) in [5.41, 5.74) is 2.44. The monoisotopic (exact) mass is 384 g/mol. The molecule has 4 rings (SSSR count). The van der Waals surface area contributed by atoms with Gasteiger partial charge < -0.3 is 15.2 Å². The number of aromatic hydroxyl groups is 1. The second kappa shape index (κ2) is 8.02. The summed E-state index contributed by atoms with van der Waals surface area (Å²) in [5.74, 6) is 0.538. The first-order valence-corrected chi connectivity index (χ1v) is 9.24. The number of carbonyl (C=O) groups is 1. The van der Waals surface area contributed by atoms with E-state index in [0.717, 1.165) is 10.9 Å². The summed E-state index contributed by atoms with van der Waals surface area (Å²) in [6.07, 6.45) is 1.64. The zero-order valence-electron chi connectivity index (χ0n) is 15.9. The molecule has 0 bridgehead atoms. The summed E-state index contributed by atoms with van der Waals surface area (Å²) in [7, 11) is 1.60. The van der Waals surface area contributed by atoms with E-state index in [0.29, 0.717) is 22.4 Å². The standard InChI is InChI=1S/C24H20N2O3/c1-29-19-12-9-17(10-13-19)21(26-24(28)18-6-3-2-4-7-18)20-14-11-16-8-5-15-25-22(16)23(20)27/h2-15,21,27H,1H3,(H,26,28). The predicted octanol–water partition coefficient (Wildman–Crippen LogP) is 4.47. The van der Waals surface area contributed by atoms with Gasteiger partial charge in [0, 0.05) is 22.7 Å². The Bertz CT molecular complexity index is 1140. The third kappa shape index (κ3) is 3.75. The molecule has 0 aliphatic rings. The van der Waals surface area contributed by atoms with E-state index in [1.54, 1.807) is 25.4 Å². The number of phenols is 1. The second-order valence-electron chi connectivity index (χ2n) is 6.62. The smallest absolute Gasteiger partial charge is 0.252 e. The number of phenolic OH excluding ortho intramolecular Hbond substituents is 1. The summed E-state index contributed by atoms with van der Waals surface area (Å²) in [6, 6.07) is 23.2. The normalized spacial score (nSPS) is 11.8. The number of aromatic nitrogens is 1. The molecular weight excluding hydrogens is 364 g/mol. The van der Waals surface area contributed by atoms with Crippen molar-refractivity contribution in [1.29, 1.82) is 0 Å². The van der Waals surface area contributed by atoms with Gasteiger partial charge in [-0.3, -0.25) is 9.78 Å². The molecule has 0 aliphatic heterocycles. The zero-order chi connectivity index (χ0) is 20.2. The van der Waals surface area contributed by atoms with Crippen molar-refractivity contribution in [2.24, 2.45) is 0 Å². The fourth-order valence-electron chi connectivity index (χ4n) is 3.32. The SMILES string of the molecule is COc1ccc(C(NC(=O)c2ccccc2)c2ccc3cccnc3c2O)cc1. The highest BCUT2D eigenvalue weighted by Crippen LogP contribution is 2.35. The van der Waals surface area contributed by atoms with Gasteiger partial charge in [0.2, 0.25) is 0 Å². The van der Waals surface area contributed by atoms with Crippen molar-refractivity contribution in [3.05, 3.63) is 102 Å². The number of nitrogens with zero attached hydrogens (tertiary/aromatic N) is 1. The summed E-state index contributed by atoms with van der Waals surface area (Å²) in [4.78, 5) is 17.2. The number of methoxy groups -OCH3 is 1. The number of amides is 1. The fraction of sp³-hybridized carbons (Fsp3) is 0.0833. The van der Waals surface area contributed by atoms with Crippen molar-refractivity contribution >= 4 is 16.8 Å². The number of fused-ring (bicyclic) bond motifs is 1. The lowest BCUT2D eigenvalue weighted by molar-refractivity contribution is 0.0942. The van der Waals surface area contributed by atoms with Gasteiger partial charge in [-0.05, 0) is 35.9 Å². The van der Waals surface area contributed by atoms with E-state index in [1.165, 1.54) is 0 Å². The maximum Gasteiger partial charge on any atom is 0.252 e. The van der Waals surface area contributed by atoms with Crippen LogP contribution in [-0.2, 0) is 0 Å². The maximum absolute atomic E-state index is 12.9. The number of ether oxygens (including phenoxy) is 1. The van der Waals surface area contributed by atoms with Crippen LogP contribution in [0.4, 0.5) is 0 Å². The third-order valence-corrected chi connectivity index (χ3v) is 4.85. The Hall–Kier alpha value is -3.86. The molecule has 1 amide bonds. The molecule has 4 aromatic rings. The zero-order valence-corrected chi connectivity index (χ0v) is 15.9. The van der Waals surface area contributed by atoms with Gasteiger partial charge >= 0.3 is 0 Å². The van der Waals surface area contributed by atoms with Crippen LogP contribution in [0.3, 0.4) is 0 Å². The van der Waals surface area contributed by atoms with E-state index in [2.05, 4.69) is 10.3 Å². The lowest BCUT2D eigenvalue weighted by Gasteiger charge is -2.22. The summed E-state index contributed by atoms with van der Waals surface area (Å²) < 4.78 is 5.24. The maximum atomic E-state index is 12.9. The quantitative estimate of drug-likeness (QED) is 0.533. The minimum absolute atomic E-state index is 0.0530. The first kappa shape index (κ1) is 18.5. The molecule has 0 fully saturated rings. The van der Waals surface area contributed by atoms with Crippen LogP contribution in [0.25, 0.3) is 10.9 Å². The number of rotatable bonds is 5. The van der Waals surface area contributed by atoms with Crippen LogP contribution in [0.15, 0.2) is 85.1 Å². The number of hydrogen-bond acceptors (Lipinski definition) is 4. The molecule has 0 saturated carbocycles. The fourth-order valence-corrected chi connectivity index (χ4v) is 3.32. The van der Waals surface area contributed by atoms with Crippen molar-refractivity contribution in [2.75, 3.05) is 7.11 Å². The molecular formula is C24H20N2O3. The third-order valence-electron chi connectivity index (χ3n) is 4.85. The van der Waals surface area contributed by atoms with Crippen LogP contribution in [0.2, 0.25) is 0 Å². The molecule has 29 heavy (non-hydrogen) atoms. The molecule has 0 saturated heterocycles. The number of pyridine rings is 1. The average Bonchev–Trinajstić information content (AvgIpc) is 2.79. The molecule has 1 aromatic heterocycles. The molecule has 0 aliphatic carbocycles. The van der Waals surface area contributed by atoms with Gasteiger partial charge in [0.1, 0.15) is 17.0 Å². The molecule has 3 aromatic carbocycles. The average molecular weight is 384 g/mol. The van der Waals surface area contributed by atoms with Crippen LogP contribution in [0, 0.1) is 0 Å². The van der Waals surface area contributed by atoms with E-state index in [1.807, 2.05) is 66.7 Å². The molecule has 5 heteroatoms. The molecule has 1 heterocycles. The van der Waals surface area contributed by atoms with Crippen LogP contribution < -0.4 is 10.1 Å². The number of carbonyl (C=O) groups excluding carboxylic acids is 1. The van der Waals surface area contributed by atoms with Gasteiger partial charge in [0.15, 0.2) is 0 Å². The molecule has 1 unspecified atom stereocenters. The summed E-state index contributed by atoms with van der Waals surface area (Å²) in [6.45, 7) is 0. The molecule has 0 radical (unpaired) electrons. The highest BCUT2D eigenvalue weighted by atomic mass is 16.5. The van der Waals surface area contributed by atoms with Gasteiger partial charge in [0.25, 0.3) is 5.91 Å². The Labute approximate surface area is 168 Å². The largest absolute Gasteiger partial charge is 0.505 e. The van der Waals surface area contributed by atoms with Crippen LogP contribution >= 0.6 is 0 Å². The predicted molar refractivity (Wildman–Crippen MR) is 112 cm³/mol. The minimum Gasteiger partial charge on any atom is -0.505 e. The molecule has 0 spiro atoms. The molecule has 1 atom stereocenters. The minimum atomic E-state index is -0.556. The Morgan fingerprint density at radius 3 is 2.45 bits per heavy atom. The Balaban J connectivity index is 1.79. The Morgan fingerprint density at radius 2 is 1.72 bits per heavy atom.